The third-order valence-electron chi connectivity index (χ3n) is 3.48. The summed E-state index contributed by atoms with van der Waals surface area (Å²) in [5.74, 6) is 0.173. The average Bonchev–Trinajstić information content (AvgIpc) is 2.80. The minimum absolute atomic E-state index is 0.384. The van der Waals surface area contributed by atoms with Crippen LogP contribution in [0.2, 0.25) is 0 Å². The summed E-state index contributed by atoms with van der Waals surface area (Å²) < 4.78 is 12.6. The van der Waals surface area contributed by atoms with Crippen molar-refractivity contribution in [2.45, 2.75) is 37.3 Å². The molecule has 2 saturated heterocycles. The van der Waals surface area contributed by atoms with Crippen molar-refractivity contribution < 1.29 is 4.39 Å². The molecule has 0 unspecified atom stereocenters. The second-order valence-electron chi connectivity index (χ2n) is 4.30. The predicted molar refractivity (Wildman–Crippen MR) is 51.5 cm³/mol. The summed E-state index contributed by atoms with van der Waals surface area (Å²) in [7, 11) is 0. The molecule has 2 nitrogen and oxygen atoms in total. The molecule has 14 heavy (non-hydrogen) atoms. The van der Waals surface area contributed by atoms with Crippen LogP contribution in [0, 0.1) is 5.95 Å². The number of fused-ring (bicyclic) bond motifs is 2. The molecular weight excluding hydrogens is 179 g/mol. The van der Waals surface area contributed by atoms with E-state index in [1.807, 2.05) is 6.07 Å². The topological polar surface area (TPSA) is 24.9 Å². The van der Waals surface area contributed by atoms with E-state index >= 15 is 0 Å². The van der Waals surface area contributed by atoms with Gasteiger partial charge in [0.2, 0.25) is 5.95 Å². The van der Waals surface area contributed by atoms with E-state index in [-0.39, 0.29) is 5.95 Å². The number of hydrogen-bond acceptors (Lipinski definition) is 2. The minimum atomic E-state index is -0.384. The molecule has 0 spiro atoms. The van der Waals surface area contributed by atoms with Gasteiger partial charge in [0, 0.05) is 24.2 Å². The molecule has 1 aromatic rings. The molecule has 3 atom stereocenters. The zero-order valence-corrected chi connectivity index (χ0v) is 7.91. The Hall–Kier alpha value is -0.960. The first-order chi connectivity index (χ1) is 6.83. The van der Waals surface area contributed by atoms with Crippen molar-refractivity contribution in [2.75, 3.05) is 0 Å². The first-order valence-electron chi connectivity index (χ1n) is 5.20. The highest BCUT2D eigenvalue weighted by Crippen LogP contribution is 2.39. The van der Waals surface area contributed by atoms with Gasteiger partial charge in [-0.1, -0.05) is 6.07 Å². The second kappa shape index (κ2) is 3.02. The van der Waals surface area contributed by atoms with Crippen molar-refractivity contribution in [3.05, 3.63) is 29.8 Å². The lowest BCUT2D eigenvalue weighted by Crippen LogP contribution is -2.21. The van der Waals surface area contributed by atoms with Gasteiger partial charge >= 0.3 is 0 Å². The van der Waals surface area contributed by atoms with Crippen molar-refractivity contribution >= 4 is 0 Å². The molecule has 1 aromatic heterocycles. The van der Waals surface area contributed by atoms with Crippen LogP contribution in [0.5, 0.6) is 0 Å². The van der Waals surface area contributed by atoms with Crippen LogP contribution in [0.15, 0.2) is 18.3 Å². The van der Waals surface area contributed by atoms with Crippen LogP contribution in [0.1, 0.15) is 30.7 Å². The quantitative estimate of drug-likeness (QED) is 0.687. The van der Waals surface area contributed by atoms with E-state index in [0.717, 1.165) is 0 Å². The monoisotopic (exact) mass is 192 g/mol. The van der Waals surface area contributed by atoms with Crippen LogP contribution in [-0.2, 0) is 0 Å². The molecule has 2 aliphatic heterocycles. The fourth-order valence-electron chi connectivity index (χ4n) is 2.80. The Balaban J connectivity index is 1.86. The van der Waals surface area contributed by atoms with Crippen LogP contribution in [-0.4, -0.2) is 17.1 Å². The highest BCUT2D eigenvalue weighted by molar-refractivity contribution is 5.22. The third kappa shape index (κ3) is 1.23. The van der Waals surface area contributed by atoms with Gasteiger partial charge < -0.3 is 5.32 Å². The highest BCUT2D eigenvalue weighted by atomic mass is 19.1. The Morgan fingerprint density at radius 3 is 2.86 bits per heavy atom. The third-order valence-corrected chi connectivity index (χ3v) is 3.48. The maximum atomic E-state index is 12.6. The molecule has 2 fully saturated rings. The summed E-state index contributed by atoms with van der Waals surface area (Å²) in [5.41, 5.74) is 1.19. The number of rotatable bonds is 1. The molecular formula is C11H13FN2. The molecule has 3 rings (SSSR count). The van der Waals surface area contributed by atoms with E-state index in [0.29, 0.717) is 18.0 Å². The molecule has 0 radical (unpaired) electrons. The maximum Gasteiger partial charge on any atom is 0.212 e. The Morgan fingerprint density at radius 2 is 2.29 bits per heavy atom. The van der Waals surface area contributed by atoms with E-state index in [9.17, 15) is 4.39 Å². The Kier molecular flexibility index (Phi) is 1.80. The summed E-state index contributed by atoms with van der Waals surface area (Å²) >= 11 is 0. The van der Waals surface area contributed by atoms with Crippen LogP contribution in [0.25, 0.3) is 0 Å². The van der Waals surface area contributed by atoms with Crippen molar-refractivity contribution in [3.8, 4) is 0 Å². The largest absolute Gasteiger partial charge is 0.311 e. The van der Waals surface area contributed by atoms with Gasteiger partial charge in [-0.3, -0.25) is 0 Å². The van der Waals surface area contributed by atoms with Crippen molar-refractivity contribution in [1.82, 2.24) is 10.3 Å². The zero-order chi connectivity index (χ0) is 9.54. The van der Waals surface area contributed by atoms with Gasteiger partial charge in [0.25, 0.3) is 0 Å². The lowest BCUT2D eigenvalue weighted by molar-refractivity contribution is 0.502. The van der Waals surface area contributed by atoms with Gasteiger partial charge in [-0.15, -0.1) is 0 Å². The summed E-state index contributed by atoms with van der Waals surface area (Å²) in [4.78, 5) is 3.71. The van der Waals surface area contributed by atoms with E-state index < -0.39 is 0 Å². The van der Waals surface area contributed by atoms with E-state index in [2.05, 4.69) is 10.3 Å². The number of pyridine rings is 1. The molecule has 0 amide bonds. The van der Waals surface area contributed by atoms with Gasteiger partial charge in [0.15, 0.2) is 0 Å². The summed E-state index contributed by atoms with van der Waals surface area (Å²) in [6.45, 7) is 0. The molecule has 2 aliphatic rings. The van der Waals surface area contributed by atoms with Gasteiger partial charge in [0.05, 0.1) is 0 Å². The Labute approximate surface area is 82.5 Å². The normalized spacial score (nSPS) is 35.1. The van der Waals surface area contributed by atoms with Gasteiger partial charge in [-0.05, 0) is 30.9 Å². The number of nitrogens with one attached hydrogen (secondary N) is 1. The SMILES string of the molecule is Fc1ccc([C@H]2C[C@H]3CC[C@H]2N3)cn1. The second-order valence-corrected chi connectivity index (χ2v) is 4.30. The lowest BCUT2D eigenvalue weighted by Gasteiger charge is -2.19. The van der Waals surface area contributed by atoms with Crippen LogP contribution in [0.4, 0.5) is 4.39 Å². The van der Waals surface area contributed by atoms with Crippen LogP contribution in [0.3, 0.4) is 0 Å². The van der Waals surface area contributed by atoms with Crippen molar-refractivity contribution in [3.63, 3.8) is 0 Å². The fraction of sp³-hybridized carbons (Fsp3) is 0.545. The van der Waals surface area contributed by atoms with Gasteiger partial charge in [-0.25, -0.2) is 4.98 Å². The predicted octanol–water partition coefficient (Wildman–Crippen LogP) is 1.83. The molecule has 74 valence electrons. The standard InChI is InChI=1S/C11H13FN2/c12-11-4-1-7(6-13-11)9-5-8-2-3-10(9)14-8/h1,4,6,8-10,14H,2-3,5H2/t8-,9-,10-/m1/s1. The number of nitrogens with zero attached hydrogens (tertiary/aromatic N) is 1. The molecule has 0 saturated carbocycles. The molecule has 0 aromatic carbocycles. The number of halogens is 1. The minimum Gasteiger partial charge on any atom is -0.311 e. The first kappa shape index (κ1) is 8.36. The molecule has 0 aliphatic carbocycles. The summed E-state index contributed by atoms with van der Waals surface area (Å²) in [6, 6.07) is 4.62. The zero-order valence-electron chi connectivity index (χ0n) is 7.91. The molecule has 3 heteroatoms. The summed E-state index contributed by atoms with van der Waals surface area (Å²) in [5, 5.41) is 3.57. The van der Waals surface area contributed by atoms with E-state index in [4.69, 9.17) is 0 Å². The van der Waals surface area contributed by atoms with Crippen molar-refractivity contribution in [2.24, 2.45) is 0 Å². The fourth-order valence-corrected chi connectivity index (χ4v) is 2.80. The number of hydrogen-bond donors (Lipinski definition) is 1. The molecule has 3 heterocycles. The van der Waals surface area contributed by atoms with E-state index in [1.54, 1.807) is 6.20 Å². The Bertz CT molecular complexity index is 336. The number of aromatic nitrogens is 1. The Morgan fingerprint density at radius 1 is 1.36 bits per heavy atom. The first-order valence-corrected chi connectivity index (χ1v) is 5.20. The smallest absolute Gasteiger partial charge is 0.212 e. The molecule has 1 N–H and O–H groups in total. The van der Waals surface area contributed by atoms with Gasteiger partial charge in [0.1, 0.15) is 0 Å². The summed E-state index contributed by atoms with van der Waals surface area (Å²) in [6.07, 6.45) is 5.43. The van der Waals surface area contributed by atoms with Crippen LogP contribution < -0.4 is 5.32 Å². The van der Waals surface area contributed by atoms with Gasteiger partial charge in [-0.2, -0.15) is 4.39 Å². The maximum absolute atomic E-state index is 12.6. The average molecular weight is 192 g/mol. The lowest BCUT2D eigenvalue weighted by atomic mass is 9.85. The highest BCUT2D eigenvalue weighted by Gasteiger charge is 2.39. The molecule has 2 bridgehead atoms. The van der Waals surface area contributed by atoms with Crippen LogP contribution >= 0.6 is 0 Å². The van der Waals surface area contributed by atoms with Crippen molar-refractivity contribution in [1.29, 1.82) is 0 Å². The van der Waals surface area contributed by atoms with E-state index in [1.165, 1.54) is 30.9 Å².